The maximum Gasteiger partial charge on any atom is 0.321 e. The van der Waals surface area contributed by atoms with Gasteiger partial charge in [0.05, 0.1) is 18.3 Å². The molecule has 0 radical (unpaired) electrons. The molecule has 0 saturated heterocycles. The van der Waals surface area contributed by atoms with Crippen LogP contribution in [-0.2, 0) is 20.7 Å². The first kappa shape index (κ1) is 17.7. The van der Waals surface area contributed by atoms with Crippen molar-refractivity contribution < 1.29 is 19.1 Å². The highest BCUT2D eigenvalue weighted by Gasteiger charge is 2.26. The molecule has 8 nitrogen and oxygen atoms in total. The van der Waals surface area contributed by atoms with Gasteiger partial charge in [-0.2, -0.15) is 5.10 Å². The molecule has 1 fully saturated rings. The predicted molar refractivity (Wildman–Crippen MR) is 92.5 cm³/mol. The summed E-state index contributed by atoms with van der Waals surface area (Å²) in [6.45, 7) is 1.42. The average Bonchev–Trinajstić information content (AvgIpc) is 3.30. The number of benzene rings is 1. The lowest BCUT2D eigenvalue weighted by Crippen LogP contribution is -2.45. The van der Waals surface area contributed by atoms with Crippen molar-refractivity contribution in [1.29, 1.82) is 0 Å². The number of aromatic nitrogens is 2. The molecule has 1 atom stereocenters. The monoisotopic (exact) mass is 356 g/mol. The van der Waals surface area contributed by atoms with Crippen LogP contribution in [0.1, 0.15) is 25.3 Å². The third-order valence-corrected chi connectivity index (χ3v) is 3.83. The maximum absolute atomic E-state index is 12.0. The molecule has 0 aliphatic heterocycles. The van der Waals surface area contributed by atoms with Crippen molar-refractivity contribution >= 4 is 17.9 Å². The minimum Gasteiger partial charge on any atom is -0.452 e. The molecule has 8 heteroatoms. The molecule has 1 saturated carbocycles. The van der Waals surface area contributed by atoms with Crippen LogP contribution in [0.4, 0.5) is 4.79 Å². The lowest BCUT2D eigenvalue weighted by atomic mass is 10.2. The first-order chi connectivity index (χ1) is 12.5. The quantitative estimate of drug-likeness (QED) is 0.761. The van der Waals surface area contributed by atoms with Crippen LogP contribution in [0.15, 0.2) is 42.7 Å². The molecule has 2 N–H and O–H groups in total. The normalized spacial score (nSPS) is 14.3. The van der Waals surface area contributed by atoms with Gasteiger partial charge in [-0.05, 0) is 31.9 Å². The predicted octanol–water partition coefficient (Wildman–Crippen LogP) is 1.33. The third kappa shape index (κ3) is 4.92. The van der Waals surface area contributed by atoms with Crippen LogP contribution in [0.2, 0.25) is 0 Å². The van der Waals surface area contributed by atoms with Gasteiger partial charge < -0.3 is 10.1 Å². The second-order valence-electron chi connectivity index (χ2n) is 6.17. The number of rotatable bonds is 6. The Kier molecular flexibility index (Phi) is 5.31. The Bertz CT molecular complexity index is 799. The molecule has 136 valence electrons. The van der Waals surface area contributed by atoms with E-state index in [1.54, 1.807) is 17.1 Å². The molecule has 2 aromatic rings. The molecule has 0 bridgehead atoms. The molecular weight excluding hydrogens is 336 g/mol. The van der Waals surface area contributed by atoms with E-state index in [-0.39, 0.29) is 12.5 Å². The Labute approximate surface area is 150 Å². The number of amides is 3. The SMILES string of the molecule is C[C@H](OC(=O)Cc1cnn(-c2ccccc2)c1)C(=O)NC(=O)NC1CC1. The van der Waals surface area contributed by atoms with Gasteiger partial charge in [0.25, 0.3) is 5.91 Å². The van der Waals surface area contributed by atoms with E-state index in [1.165, 1.54) is 6.92 Å². The van der Waals surface area contributed by atoms with Crippen LogP contribution in [0, 0.1) is 0 Å². The van der Waals surface area contributed by atoms with Crippen molar-refractivity contribution in [2.45, 2.75) is 38.3 Å². The summed E-state index contributed by atoms with van der Waals surface area (Å²) < 4.78 is 6.74. The summed E-state index contributed by atoms with van der Waals surface area (Å²) in [7, 11) is 0. The van der Waals surface area contributed by atoms with E-state index in [1.807, 2.05) is 30.3 Å². The van der Waals surface area contributed by atoms with Crippen molar-refractivity contribution in [3.05, 3.63) is 48.3 Å². The van der Waals surface area contributed by atoms with Crippen molar-refractivity contribution in [3.8, 4) is 5.69 Å². The van der Waals surface area contributed by atoms with Crippen molar-refractivity contribution in [3.63, 3.8) is 0 Å². The van der Waals surface area contributed by atoms with Crippen LogP contribution in [0.25, 0.3) is 5.69 Å². The molecular formula is C18H20N4O4. The van der Waals surface area contributed by atoms with Crippen LogP contribution in [-0.4, -0.2) is 39.8 Å². The first-order valence-corrected chi connectivity index (χ1v) is 8.41. The minimum absolute atomic E-state index is 0.0152. The van der Waals surface area contributed by atoms with E-state index in [2.05, 4.69) is 15.7 Å². The zero-order chi connectivity index (χ0) is 18.5. The molecule has 26 heavy (non-hydrogen) atoms. The highest BCUT2D eigenvalue weighted by Crippen LogP contribution is 2.18. The molecule has 1 aliphatic carbocycles. The van der Waals surface area contributed by atoms with E-state index in [9.17, 15) is 14.4 Å². The van der Waals surface area contributed by atoms with Crippen LogP contribution >= 0.6 is 0 Å². The van der Waals surface area contributed by atoms with Crippen LogP contribution in [0.3, 0.4) is 0 Å². The van der Waals surface area contributed by atoms with Crippen LogP contribution in [0.5, 0.6) is 0 Å². The molecule has 3 amide bonds. The molecule has 1 aromatic heterocycles. The van der Waals surface area contributed by atoms with Gasteiger partial charge >= 0.3 is 12.0 Å². The van der Waals surface area contributed by atoms with Gasteiger partial charge in [-0.25, -0.2) is 9.48 Å². The third-order valence-electron chi connectivity index (χ3n) is 3.83. The number of ether oxygens (including phenoxy) is 1. The Balaban J connectivity index is 1.48. The summed E-state index contributed by atoms with van der Waals surface area (Å²) in [6.07, 6.45) is 4.06. The summed E-state index contributed by atoms with van der Waals surface area (Å²) in [5.41, 5.74) is 1.54. The van der Waals surface area contributed by atoms with Crippen molar-refractivity contribution in [2.75, 3.05) is 0 Å². The second kappa shape index (κ2) is 7.81. The molecule has 0 unspecified atom stereocenters. The molecule has 1 aliphatic rings. The van der Waals surface area contributed by atoms with E-state index < -0.39 is 24.0 Å². The standard InChI is InChI=1S/C18H20N4O4/c1-12(17(24)21-18(25)20-14-7-8-14)26-16(23)9-13-10-19-22(11-13)15-5-3-2-4-6-15/h2-6,10-12,14H,7-9H2,1H3,(H2,20,21,24,25)/t12-/m0/s1. The Morgan fingerprint density at radius 2 is 2.00 bits per heavy atom. The number of carbonyl (C=O) groups is 3. The Morgan fingerprint density at radius 1 is 1.27 bits per heavy atom. The minimum atomic E-state index is -1.06. The number of carbonyl (C=O) groups excluding carboxylic acids is 3. The first-order valence-electron chi connectivity index (χ1n) is 8.41. The van der Waals surface area contributed by atoms with Gasteiger partial charge in [0.2, 0.25) is 0 Å². The molecule has 1 heterocycles. The maximum atomic E-state index is 12.0. The van der Waals surface area contributed by atoms with E-state index in [0.29, 0.717) is 5.56 Å². The lowest BCUT2D eigenvalue weighted by Gasteiger charge is -2.12. The van der Waals surface area contributed by atoms with Gasteiger partial charge in [-0.1, -0.05) is 18.2 Å². The van der Waals surface area contributed by atoms with Crippen molar-refractivity contribution in [1.82, 2.24) is 20.4 Å². The fourth-order valence-corrected chi connectivity index (χ4v) is 2.30. The smallest absolute Gasteiger partial charge is 0.321 e. The summed E-state index contributed by atoms with van der Waals surface area (Å²) in [6, 6.07) is 9.06. The summed E-state index contributed by atoms with van der Waals surface area (Å²) >= 11 is 0. The van der Waals surface area contributed by atoms with Gasteiger partial charge in [-0.3, -0.25) is 14.9 Å². The second-order valence-corrected chi connectivity index (χ2v) is 6.17. The Hall–Kier alpha value is -3.16. The molecule has 1 aromatic carbocycles. The zero-order valence-electron chi connectivity index (χ0n) is 14.3. The fraction of sp³-hybridized carbons (Fsp3) is 0.333. The summed E-state index contributed by atoms with van der Waals surface area (Å²) in [4.78, 5) is 35.4. The summed E-state index contributed by atoms with van der Waals surface area (Å²) in [5.74, 6) is -1.22. The van der Waals surface area contributed by atoms with E-state index >= 15 is 0 Å². The Morgan fingerprint density at radius 3 is 2.69 bits per heavy atom. The number of hydrogen-bond acceptors (Lipinski definition) is 5. The number of nitrogens with one attached hydrogen (secondary N) is 2. The highest BCUT2D eigenvalue weighted by molar-refractivity contribution is 5.97. The number of nitrogens with zero attached hydrogens (tertiary/aromatic N) is 2. The molecule has 3 rings (SSSR count). The van der Waals surface area contributed by atoms with Crippen LogP contribution < -0.4 is 10.6 Å². The van der Waals surface area contributed by atoms with Crippen molar-refractivity contribution in [2.24, 2.45) is 0 Å². The fourth-order valence-electron chi connectivity index (χ4n) is 2.30. The average molecular weight is 356 g/mol. The highest BCUT2D eigenvalue weighted by atomic mass is 16.5. The number of imide groups is 1. The van der Waals surface area contributed by atoms with Gasteiger partial charge in [0.1, 0.15) is 0 Å². The van der Waals surface area contributed by atoms with E-state index in [4.69, 9.17) is 4.74 Å². The van der Waals surface area contributed by atoms with Gasteiger partial charge in [0.15, 0.2) is 6.10 Å². The number of hydrogen-bond donors (Lipinski definition) is 2. The van der Waals surface area contributed by atoms with Gasteiger partial charge in [-0.15, -0.1) is 0 Å². The lowest BCUT2D eigenvalue weighted by molar-refractivity contribution is -0.153. The molecule has 0 spiro atoms. The number of esters is 1. The number of urea groups is 1. The largest absolute Gasteiger partial charge is 0.452 e. The number of para-hydroxylation sites is 1. The van der Waals surface area contributed by atoms with E-state index in [0.717, 1.165) is 18.5 Å². The zero-order valence-corrected chi connectivity index (χ0v) is 14.3. The topological polar surface area (TPSA) is 102 Å². The summed E-state index contributed by atoms with van der Waals surface area (Å²) in [5, 5.41) is 9.00. The van der Waals surface area contributed by atoms with Gasteiger partial charge in [0, 0.05) is 17.8 Å².